The molecule has 31 heavy (non-hydrogen) atoms. The van der Waals surface area contributed by atoms with Crippen LogP contribution in [0.3, 0.4) is 0 Å². The summed E-state index contributed by atoms with van der Waals surface area (Å²) >= 11 is 0. The first-order valence-electron chi connectivity index (χ1n) is 11.0. The Morgan fingerprint density at radius 3 is 2.71 bits per heavy atom. The van der Waals surface area contributed by atoms with Crippen molar-refractivity contribution in [1.82, 2.24) is 15.5 Å². The number of guanidine groups is 1. The van der Waals surface area contributed by atoms with Gasteiger partial charge in [-0.1, -0.05) is 6.07 Å². The summed E-state index contributed by atoms with van der Waals surface area (Å²) in [5.41, 5.74) is 0.804. The molecule has 1 aromatic rings. The molecular weight excluding hydrogens is 517 g/mol. The van der Waals surface area contributed by atoms with Crippen molar-refractivity contribution in [2.45, 2.75) is 51.3 Å². The Morgan fingerprint density at radius 2 is 2.03 bits per heavy atom. The van der Waals surface area contributed by atoms with Crippen LogP contribution in [-0.2, 0) is 16.0 Å². The number of aliphatic imine (C=N–C) groups is 1. The van der Waals surface area contributed by atoms with E-state index in [0.717, 1.165) is 63.4 Å². The van der Waals surface area contributed by atoms with E-state index >= 15 is 0 Å². The summed E-state index contributed by atoms with van der Waals surface area (Å²) in [6.45, 7) is 7.99. The molecule has 9 heteroatoms. The summed E-state index contributed by atoms with van der Waals surface area (Å²) in [5, 5.41) is 6.80. The minimum Gasteiger partial charge on any atom is -0.377 e. The minimum absolute atomic E-state index is 0. The summed E-state index contributed by atoms with van der Waals surface area (Å²) in [7, 11) is 0. The van der Waals surface area contributed by atoms with Gasteiger partial charge in [0.15, 0.2) is 17.6 Å². The second-order valence-corrected chi connectivity index (χ2v) is 7.91. The summed E-state index contributed by atoms with van der Waals surface area (Å²) in [6, 6.07) is 4.48. The van der Waals surface area contributed by atoms with Gasteiger partial charge in [-0.3, -0.25) is 9.89 Å². The Kier molecular flexibility index (Phi) is 12.0. The highest BCUT2D eigenvalue weighted by atomic mass is 127. The number of nitrogens with one attached hydrogen (secondary N) is 2. The Labute approximate surface area is 201 Å². The van der Waals surface area contributed by atoms with Gasteiger partial charge in [-0.2, -0.15) is 0 Å². The Bertz CT molecular complexity index is 681. The molecular formula is C22H35F2IN4O2. The van der Waals surface area contributed by atoms with E-state index in [4.69, 9.17) is 9.47 Å². The lowest BCUT2D eigenvalue weighted by Crippen LogP contribution is -2.48. The zero-order chi connectivity index (χ0) is 21.2. The van der Waals surface area contributed by atoms with Gasteiger partial charge in [-0.25, -0.2) is 8.78 Å². The van der Waals surface area contributed by atoms with Crippen molar-refractivity contribution >= 4 is 29.9 Å². The highest BCUT2D eigenvalue weighted by Gasteiger charge is 2.20. The zero-order valence-corrected chi connectivity index (χ0v) is 20.6. The van der Waals surface area contributed by atoms with Crippen LogP contribution in [0.4, 0.5) is 8.78 Å². The van der Waals surface area contributed by atoms with E-state index in [1.165, 1.54) is 12.1 Å². The molecule has 2 heterocycles. The van der Waals surface area contributed by atoms with E-state index < -0.39 is 11.6 Å². The average molecular weight is 552 g/mol. The molecule has 176 valence electrons. The lowest BCUT2D eigenvalue weighted by molar-refractivity contribution is 0.0200. The van der Waals surface area contributed by atoms with E-state index in [2.05, 4.69) is 27.4 Å². The van der Waals surface area contributed by atoms with Gasteiger partial charge in [0.1, 0.15) is 0 Å². The van der Waals surface area contributed by atoms with E-state index in [0.29, 0.717) is 32.3 Å². The Balaban J connectivity index is 0.00000341. The molecule has 2 aliphatic heterocycles. The molecule has 0 aliphatic carbocycles. The maximum atomic E-state index is 13.4. The predicted octanol–water partition coefficient (Wildman–Crippen LogP) is 3.30. The zero-order valence-electron chi connectivity index (χ0n) is 18.2. The first-order chi connectivity index (χ1) is 14.6. The molecule has 0 spiro atoms. The average Bonchev–Trinajstić information content (AvgIpc) is 3.25. The Hall–Kier alpha value is -1.04. The van der Waals surface area contributed by atoms with E-state index in [1.807, 2.05) is 0 Å². The van der Waals surface area contributed by atoms with Crippen LogP contribution in [0.5, 0.6) is 0 Å². The first-order valence-corrected chi connectivity index (χ1v) is 11.0. The molecule has 1 unspecified atom stereocenters. The third-order valence-electron chi connectivity index (χ3n) is 5.50. The molecule has 2 saturated heterocycles. The van der Waals surface area contributed by atoms with Crippen LogP contribution in [0.1, 0.15) is 38.2 Å². The topological polar surface area (TPSA) is 58.1 Å². The van der Waals surface area contributed by atoms with Crippen molar-refractivity contribution < 1.29 is 18.3 Å². The van der Waals surface area contributed by atoms with Crippen LogP contribution in [-0.4, -0.2) is 69.0 Å². The summed E-state index contributed by atoms with van der Waals surface area (Å²) in [4.78, 5) is 6.89. The SMILES string of the molecule is CCNC(=NCCOCC1CCCO1)NC1CCN(Cc2ccc(F)c(F)c2)CC1.I. The van der Waals surface area contributed by atoms with Gasteiger partial charge >= 0.3 is 0 Å². The largest absolute Gasteiger partial charge is 0.377 e. The van der Waals surface area contributed by atoms with Crippen LogP contribution < -0.4 is 10.6 Å². The third-order valence-corrected chi connectivity index (χ3v) is 5.50. The molecule has 0 saturated carbocycles. The van der Waals surface area contributed by atoms with Gasteiger partial charge in [-0.15, -0.1) is 24.0 Å². The number of hydrogen-bond donors (Lipinski definition) is 2. The fourth-order valence-electron chi connectivity index (χ4n) is 3.86. The molecule has 0 bridgehead atoms. The second kappa shape index (κ2) is 14.2. The molecule has 0 amide bonds. The smallest absolute Gasteiger partial charge is 0.191 e. The highest BCUT2D eigenvalue weighted by Crippen LogP contribution is 2.16. The first kappa shape index (κ1) is 26.2. The number of benzene rings is 1. The number of ether oxygens (including phenoxy) is 2. The summed E-state index contributed by atoms with van der Waals surface area (Å²) in [6.07, 6.45) is 4.41. The summed E-state index contributed by atoms with van der Waals surface area (Å²) in [5.74, 6) is -0.762. The van der Waals surface area contributed by atoms with Gasteiger partial charge in [0.2, 0.25) is 0 Å². The molecule has 2 fully saturated rings. The normalized spacial score (nSPS) is 20.5. The molecule has 0 aromatic heterocycles. The van der Waals surface area contributed by atoms with E-state index in [-0.39, 0.29) is 30.1 Å². The van der Waals surface area contributed by atoms with E-state index in [9.17, 15) is 8.78 Å². The predicted molar refractivity (Wildman–Crippen MR) is 129 cm³/mol. The molecule has 0 radical (unpaired) electrons. The van der Waals surface area contributed by atoms with Crippen molar-refractivity contribution in [3.05, 3.63) is 35.4 Å². The van der Waals surface area contributed by atoms with Gasteiger partial charge in [0, 0.05) is 38.8 Å². The quantitative estimate of drug-likeness (QED) is 0.213. The lowest BCUT2D eigenvalue weighted by Gasteiger charge is -2.33. The monoisotopic (exact) mass is 552 g/mol. The third kappa shape index (κ3) is 9.15. The van der Waals surface area contributed by atoms with Crippen LogP contribution in [0.15, 0.2) is 23.2 Å². The number of rotatable bonds is 9. The van der Waals surface area contributed by atoms with Gasteiger partial charge in [0.25, 0.3) is 0 Å². The fourth-order valence-corrected chi connectivity index (χ4v) is 3.86. The Morgan fingerprint density at radius 1 is 1.23 bits per heavy atom. The van der Waals surface area contributed by atoms with Gasteiger partial charge < -0.3 is 20.1 Å². The van der Waals surface area contributed by atoms with Crippen molar-refractivity contribution in [1.29, 1.82) is 0 Å². The number of nitrogens with zero attached hydrogens (tertiary/aromatic N) is 2. The standard InChI is InChI=1S/C22H34F2N4O2.HI/c1-2-25-22(26-9-13-29-16-19-4-3-12-30-19)27-18-7-10-28(11-8-18)15-17-5-6-20(23)21(24)14-17;/h5-6,14,18-19H,2-4,7-13,15-16H2,1H3,(H2,25,26,27);1H. The molecule has 3 rings (SSSR count). The van der Waals surface area contributed by atoms with E-state index in [1.54, 1.807) is 6.07 Å². The van der Waals surface area contributed by atoms with Crippen LogP contribution >= 0.6 is 24.0 Å². The molecule has 2 aliphatic rings. The number of halogens is 3. The molecule has 2 N–H and O–H groups in total. The van der Waals surface area contributed by atoms with Crippen molar-refractivity contribution in [3.8, 4) is 0 Å². The van der Waals surface area contributed by atoms with Crippen LogP contribution in [0.25, 0.3) is 0 Å². The van der Waals surface area contributed by atoms with Crippen LogP contribution in [0, 0.1) is 11.6 Å². The van der Waals surface area contributed by atoms with Crippen molar-refractivity contribution in [3.63, 3.8) is 0 Å². The van der Waals surface area contributed by atoms with Gasteiger partial charge in [-0.05, 0) is 50.3 Å². The molecule has 1 aromatic carbocycles. The maximum absolute atomic E-state index is 13.4. The van der Waals surface area contributed by atoms with Crippen LogP contribution in [0.2, 0.25) is 0 Å². The molecule has 1 atom stereocenters. The molecule has 6 nitrogen and oxygen atoms in total. The van der Waals surface area contributed by atoms with Gasteiger partial charge in [0.05, 0.1) is 25.9 Å². The number of likely N-dealkylation sites (tertiary alicyclic amines) is 1. The highest BCUT2D eigenvalue weighted by molar-refractivity contribution is 14.0. The van der Waals surface area contributed by atoms with Crippen molar-refractivity contribution in [2.24, 2.45) is 4.99 Å². The fraction of sp³-hybridized carbons (Fsp3) is 0.682. The lowest BCUT2D eigenvalue weighted by atomic mass is 10.0. The number of piperidine rings is 1. The maximum Gasteiger partial charge on any atom is 0.191 e. The minimum atomic E-state index is -0.797. The van der Waals surface area contributed by atoms with Crippen molar-refractivity contribution in [2.75, 3.05) is 46.0 Å². The number of hydrogen-bond acceptors (Lipinski definition) is 4. The summed E-state index contributed by atoms with van der Waals surface area (Å²) < 4.78 is 37.7. The second-order valence-electron chi connectivity index (χ2n) is 7.91.